The molecule has 2 aromatic carbocycles. The number of nitrogens with two attached hydrogens (primary N) is 1. The Morgan fingerprint density at radius 1 is 1.19 bits per heavy atom. The van der Waals surface area contributed by atoms with E-state index in [0.29, 0.717) is 17.1 Å². The predicted molar refractivity (Wildman–Crippen MR) is 79.6 cm³/mol. The first-order valence-electron chi connectivity index (χ1n) is 6.31. The summed E-state index contributed by atoms with van der Waals surface area (Å²) in [6, 6.07) is 10.2. The molecule has 0 unspecified atom stereocenters. The summed E-state index contributed by atoms with van der Waals surface area (Å²) < 4.78 is 10.9. The largest absolute Gasteiger partial charge is 0.493 e. The minimum Gasteiger partial charge on any atom is -0.493 e. The van der Waals surface area contributed by atoms with Crippen LogP contribution in [0.5, 0.6) is 11.5 Å². The number of nitro benzene ring substituents is 1. The molecule has 2 aromatic rings. The Bertz CT molecular complexity index is 671. The van der Waals surface area contributed by atoms with Gasteiger partial charge in [-0.1, -0.05) is 12.1 Å². The van der Waals surface area contributed by atoms with Crippen molar-refractivity contribution in [3.05, 3.63) is 57.6 Å². The summed E-state index contributed by atoms with van der Waals surface area (Å²) in [5.41, 5.74) is 7.30. The predicted octanol–water partition coefficient (Wildman–Crippen LogP) is 3.07. The minimum atomic E-state index is -0.509. The Morgan fingerprint density at radius 2 is 1.95 bits per heavy atom. The van der Waals surface area contributed by atoms with Crippen LogP contribution in [0.15, 0.2) is 36.4 Å². The summed E-state index contributed by atoms with van der Waals surface area (Å²) in [4.78, 5) is 10.3. The number of rotatable bonds is 5. The molecule has 0 aliphatic rings. The molecule has 110 valence electrons. The molecular weight excluding hydrogens is 272 g/mol. The Hall–Kier alpha value is -2.76. The molecule has 21 heavy (non-hydrogen) atoms. The number of hydrogen-bond acceptors (Lipinski definition) is 5. The molecule has 0 heterocycles. The third-order valence-corrected chi connectivity index (χ3v) is 3.01. The van der Waals surface area contributed by atoms with Crippen molar-refractivity contribution in [1.82, 2.24) is 0 Å². The Balaban J connectivity index is 2.17. The first kappa shape index (κ1) is 14.6. The van der Waals surface area contributed by atoms with Gasteiger partial charge in [0.25, 0.3) is 5.69 Å². The average molecular weight is 288 g/mol. The fourth-order valence-electron chi connectivity index (χ4n) is 1.89. The van der Waals surface area contributed by atoms with Crippen molar-refractivity contribution < 1.29 is 14.4 Å². The first-order chi connectivity index (χ1) is 10.0. The zero-order valence-corrected chi connectivity index (χ0v) is 11.8. The third-order valence-electron chi connectivity index (χ3n) is 3.01. The molecule has 2 N–H and O–H groups in total. The second-order valence-electron chi connectivity index (χ2n) is 4.59. The highest BCUT2D eigenvalue weighted by Crippen LogP contribution is 2.29. The lowest BCUT2D eigenvalue weighted by Gasteiger charge is -2.11. The standard InChI is InChI=1S/C15H16N2O4/c1-10-3-6-14(15(7-10)20-2)21-9-11-4-5-12(16)13(8-11)17(18)19/h3-8H,9,16H2,1-2H3. The van der Waals surface area contributed by atoms with E-state index in [4.69, 9.17) is 15.2 Å². The molecule has 0 bridgehead atoms. The molecular formula is C15H16N2O4. The van der Waals surface area contributed by atoms with Gasteiger partial charge in [-0.2, -0.15) is 0 Å². The van der Waals surface area contributed by atoms with Crippen molar-refractivity contribution in [1.29, 1.82) is 0 Å². The number of hydrogen-bond donors (Lipinski definition) is 1. The molecule has 0 saturated carbocycles. The molecule has 6 nitrogen and oxygen atoms in total. The monoisotopic (exact) mass is 288 g/mol. The molecule has 0 fully saturated rings. The van der Waals surface area contributed by atoms with Crippen molar-refractivity contribution in [2.45, 2.75) is 13.5 Å². The zero-order chi connectivity index (χ0) is 15.4. The molecule has 0 aliphatic carbocycles. The Labute approximate surface area is 122 Å². The van der Waals surface area contributed by atoms with Crippen molar-refractivity contribution in [3.63, 3.8) is 0 Å². The van der Waals surface area contributed by atoms with Gasteiger partial charge in [0.05, 0.1) is 12.0 Å². The van der Waals surface area contributed by atoms with Crippen LogP contribution in [0.1, 0.15) is 11.1 Å². The highest BCUT2D eigenvalue weighted by molar-refractivity contribution is 5.59. The van der Waals surface area contributed by atoms with Crippen LogP contribution in [-0.2, 0) is 6.61 Å². The molecule has 0 aliphatic heterocycles. The number of anilines is 1. The molecule has 0 aromatic heterocycles. The van der Waals surface area contributed by atoms with E-state index in [1.54, 1.807) is 19.2 Å². The van der Waals surface area contributed by atoms with E-state index in [9.17, 15) is 10.1 Å². The topological polar surface area (TPSA) is 87.6 Å². The number of benzene rings is 2. The van der Waals surface area contributed by atoms with Crippen LogP contribution < -0.4 is 15.2 Å². The SMILES string of the molecule is COc1cc(C)ccc1OCc1ccc(N)c([N+](=O)[O-])c1. The second-order valence-corrected chi connectivity index (χ2v) is 4.59. The van der Waals surface area contributed by atoms with Crippen LogP contribution in [-0.4, -0.2) is 12.0 Å². The summed E-state index contributed by atoms with van der Waals surface area (Å²) >= 11 is 0. The number of nitrogen functional groups attached to an aromatic ring is 1. The van der Waals surface area contributed by atoms with Crippen LogP contribution in [0.3, 0.4) is 0 Å². The first-order valence-corrected chi connectivity index (χ1v) is 6.31. The van der Waals surface area contributed by atoms with E-state index in [2.05, 4.69) is 0 Å². The maximum Gasteiger partial charge on any atom is 0.292 e. The minimum absolute atomic E-state index is 0.119. The van der Waals surface area contributed by atoms with Crippen molar-refractivity contribution in [2.24, 2.45) is 0 Å². The lowest BCUT2D eigenvalue weighted by atomic mass is 10.2. The van der Waals surface area contributed by atoms with Crippen LogP contribution >= 0.6 is 0 Å². The van der Waals surface area contributed by atoms with Gasteiger partial charge in [-0.25, -0.2) is 0 Å². The summed E-state index contributed by atoms with van der Waals surface area (Å²) in [5, 5.41) is 10.9. The van der Waals surface area contributed by atoms with Crippen LogP contribution in [0, 0.1) is 17.0 Å². The van der Waals surface area contributed by atoms with Gasteiger partial charge in [0, 0.05) is 6.07 Å². The maximum atomic E-state index is 10.9. The maximum absolute atomic E-state index is 10.9. The normalized spacial score (nSPS) is 10.2. The van der Waals surface area contributed by atoms with Crippen molar-refractivity contribution in [2.75, 3.05) is 12.8 Å². The van der Waals surface area contributed by atoms with Gasteiger partial charge in [-0.3, -0.25) is 10.1 Å². The van der Waals surface area contributed by atoms with Gasteiger partial charge in [0.1, 0.15) is 12.3 Å². The highest BCUT2D eigenvalue weighted by Gasteiger charge is 2.12. The fourth-order valence-corrected chi connectivity index (χ4v) is 1.89. The Kier molecular flexibility index (Phi) is 4.27. The van der Waals surface area contributed by atoms with Gasteiger partial charge in [0.15, 0.2) is 11.5 Å². The van der Waals surface area contributed by atoms with E-state index < -0.39 is 4.92 Å². The summed E-state index contributed by atoms with van der Waals surface area (Å²) in [5.74, 6) is 1.21. The average Bonchev–Trinajstić information content (AvgIpc) is 2.46. The van der Waals surface area contributed by atoms with Gasteiger partial charge >= 0.3 is 0 Å². The molecule has 0 atom stereocenters. The molecule has 0 amide bonds. The molecule has 0 saturated heterocycles. The lowest BCUT2D eigenvalue weighted by molar-refractivity contribution is -0.384. The number of ether oxygens (including phenoxy) is 2. The van der Waals surface area contributed by atoms with Gasteiger partial charge in [-0.05, 0) is 36.2 Å². The lowest BCUT2D eigenvalue weighted by Crippen LogP contribution is -2.01. The van der Waals surface area contributed by atoms with Crippen molar-refractivity contribution in [3.8, 4) is 11.5 Å². The molecule has 0 spiro atoms. The fraction of sp³-hybridized carbons (Fsp3) is 0.200. The third kappa shape index (κ3) is 3.42. The van der Waals surface area contributed by atoms with Crippen LogP contribution in [0.25, 0.3) is 0 Å². The van der Waals surface area contributed by atoms with E-state index in [0.717, 1.165) is 5.56 Å². The van der Waals surface area contributed by atoms with E-state index in [1.165, 1.54) is 12.1 Å². The smallest absolute Gasteiger partial charge is 0.292 e. The molecule has 6 heteroatoms. The Morgan fingerprint density at radius 3 is 2.62 bits per heavy atom. The molecule has 0 radical (unpaired) electrons. The summed E-state index contributed by atoms with van der Waals surface area (Å²) in [6.07, 6.45) is 0. The molecule has 2 rings (SSSR count). The highest BCUT2D eigenvalue weighted by atomic mass is 16.6. The second kappa shape index (κ2) is 6.13. The van der Waals surface area contributed by atoms with E-state index >= 15 is 0 Å². The summed E-state index contributed by atoms with van der Waals surface area (Å²) in [6.45, 7) is 2.15. The van der Waals surface area contributed by atoms with Gasteiger partial charge in [-0.15, -0.1) is 0 Å². The summed E-state index contributed by atoms with van der Waals surface area (Å²) in [7, 11) is 1.57. The van der Waals surface area contributed by atoms with Crippen LogP contribution in [0.4, 0.5) is 11.4 Å². The quantitative estimate of drug-likeness (QED) is 0.519. The zero-order valence-electron chi connectivity index (χ0n) is 11.8. The number of nitro groups is 1. The van der Waals surface area contributed by atoms with Gasteiger partial charge < -0.3 is 15.2 Å². The van der Waals surface area contributed by atoms with E-state index in [1.807, 2.05) is 19.1 Å². The number of aryl methyl sites for hydroxylation is 1. The van der Waals surface area contributed by atoms with E-state index in [-0.39, 0.29) is 18.0 Å². The number of methoxy groups -OCH3 is 1. The van der Waals surface area contributed by atoms with Crippen LogP contribution in [0.2, 0.25) is 0 Å². The number of nitrogens with zero attached hydrogens (tertiary/aromatic N) is 1. The van der Waals surface area contributed by atoms with Crippen molar-refractivity contribution >= 4 is 11.4 Å². The van der Waals surface area contributed by atoms with Gasteiger partial charge in [0.2, 0.25) is 0 Å².